The van der Waals surface area contributed by atoms with Crippen LogP contribution in [0.2, 0.25) is 0 Å². The topological polar surface area (TPSA) is 60.1 Å². The summed E-state index contributed by atoms with van der Waals surface area (Å²) in [7, 11) is 1.67. The highest BCUT2D eigenvalue weighted by Gasteiger charge is 2.29. The Balaban J connectivity index is 1.94. The summed E-state index contributed by atoms with van der Waals surface area (Å²) in [5.74, 6) is 1.04. The Morgan fingerprint density at radius 1 is 1.29 bits per heavy atom. The molecular formula is C18H24N4O2. The molecular weight excluding hydrogens is 304 g/mol. The van der Waals surface area contributed by atoms with Gasteiger partial charge in [0.25, 0.3) is 0 Å². The zero-order valence-corrected chi connectivity index (χ0v) is 14.3. The molecule has 0 radical (unpaired) electrons. The summed E-state index contributed by atoms with van der Waals surface area (Å²) in [4.78, 5) is 26.7. The van der Waals surface area contributed by atoms with Crippen molar-refractivity contribution in [1.82, 2.24) is 19.2 Å². The molecule has 0 N–H and O–H groups in total. The van der Waals surface area contributed by atoms with Gasteiger partial charge in [-0.05, 0) is 31.4 Å². The molecule has 0 aliphatic carbocycles. The van der Waals surface area contributed by atoms with Crippen LogP contribution in [0.15, 0.2) is 35.1 Å². The van der Waals surface area contributed by atoms with Gasteiger partial charge in [-0.1, -0.05) is 25.1 Å². The highest BCUT2D eigenvalue weighted by molar-refractivity contribution is 5.76. The maximum absolute atomic E-state index is 12.5. The number of aryl methyl sites for hydroxylation is 1. The molecule has 1 saturated heterocycles. The Morgan fingerprint density at radius 3 is 2.75 bits per heavy atom. The molecule has 1 unspecified atom stereocenters. The fourth-order valence-corrected chi connectivity index (χ4v) is 3.35. The van der Waals surface area contributed by atoms with Crippen molar-refractivity contribution < 1.29 is 4.79 Å². The van der Waals surface area contributed by atoms with Crippen molar-refractivity contribution in [3.8, 4) is 5.69 Å². The molecule has 0 spiro atoms. The second kappa shape index (κ2) is 7.03. The normalized spacial score (nSPS) is 17.9. The predicted molar refractivity (Wildman–Crippen MR) is 92.3 cm³/mol. The molecule has 6 nitrogen and oxygen atoms in total. The van der Waals surface area contributed by atoms with Gasteiger partial charge in [-0.15, -0.1) is 0 Å². The number of hydrogen-bond acceptors (Lipinski definition) is 3. The van der Waals surface area contributed by atoms with E-state index in [9.17, 15) is 9.59 Å². The van der Waals surface area contributed by atoms with Crippen LogP contribution in [0.4, 0.5) is 0 Å². The first-order valence-electron chi connectivity index (χ1n) is 8.61. The number of aromatic nitrogens is 3. The Bertz CT molecular complexity index is 763. The maximum Gasteiger partial charge on any atom is 0.350 e. The quantitative estimate of drug-likeness (QED) is 0.863. The lowest BCUT2D eigenvalue weighted by Crippen LogP contribution is -2.39. The molecule has 24 heavy (non-hydrogen) atoms. The van der Waals surface area contributed by atoms with Gasteiger partial charge in [0.15, 0.2) is 0 Å². The van der Waals surface area contributed by atoms with Crippen LogP contribution in [-0.2, 0) is 11.8 Å². The van der Waals surface area contributed by atoms with E-state index in [1.807, 2.05) is 42.2 Å². The number of carbonyl (C=O) groups is 1. The van der Waals surface area contributed by atoms with Crippen molar-refractivity contribution in [2.75, 3.05) is 13.1 Å². The van der Waals surface area contributed by atoms with Crippen LogP contribution in [0.3, 0.4) is 0 Å². The monoisotopic (exact) mass is 328 g/mol. The Hall–Kier alpha value is -2.37. The van der Waals surface area contributed by atoms with Crippen molar-refractivity contribution in [1.29, 1.82) is 0 Å². The molecule has 1 aliphatic heterocycles. The van der Waals surface area contributed by atoms with Crippen LogP contribution >= 0.6 is 0 Å². The first-order chi connectivity index (χ1) is 11.6. The molecule has 1 aromatic carbocycles. The highest BCUT2D eigenvalue weighted by Crippen LogP contribution is 2.27. The summed E-state index contributed by atoms with van der Waals surface area (Å²) < 4.78 is 3.06. The lowest BCUT2D eigenvalue weighted by atomic mass is 9.96. The summed E-state index contributed by atoms with van der Waals surface area (Å²) in [6.07, 6.45) is 3.33. The number of amides is 1. The van der Waals surface area contributed by atoms with Crippen LogP contribution in [0.1, 0.15) is 44.3 Å². The van der Waals surface area contributed by atoms with Crippen LogP contribution in [0.5, 0.6) is 0 Å². The van der Waals surface area contributed by atoms with Crippen LogP contribution in [-0.4, -0.2) is 38.2 Å². The summed E-state index contributed by atoms with van der Waals surface area (Å²) in [5, 5.41) is 4.48. The number of benzene rings is 1. The molecule has 3 rings (SSSR count). The lowest BCUT2D eigenvalue weighted by Gasteiger charge is -2.32. The molecule has 0 saturated carbocycles. The minimum atomic E-state index is -0.145. The fourth-order valence-electron chi connectivity index (χ4n) is 3.35. The Kier molecular flexibility index (Phi) is 4.83. The van der Waals surface area contributed by atoms with Crippen molar-refractivity contribution in [2.24, 2.45) is 7.05 Å². The number of nitrogens with zero attached hydrogens (tertiary/aromatic N) is 4. The summed E-state index contributed by atoms with van der Waals surface area (Å²) in [6, 6.07) is 9.58. The van der Waals surface area contributed by atoms with Crippen molar-refractivity contribution >= 4 is 5.91 Å². The first kappa shape index (κ1) is 16.5. The van der Waals surface area contributed by atoms with Gasteiger partial charge < -0.3 is 4.90 Å². The standard InChI is InChI=1S/C18H24N4O2/c1-3-8-16(23)21-12-7-9-14(13-21)17-19-20(2)18(24)22(17)15-10-5-4-6-11-15/h4-6,10-11,14H,3,7-9,12-13H2,1-2H3. The molecule has 1 atom stereocenters. The number of para-hydroxylation sites is 1. The van der Waals surface area contributed by atoms with E-state index in [2.05, 4.69) is 5.10 Å². The minimum Gasteiger partial charge on any atom is -0.342 e. The van der Waals surface area contributed by atoms with E-state index >= 15 is 0 Å². The number of piperidine rings is 1. The van der Waals surface area contributed by atoms with Gasteiger partial charge in [0.1, 0.15) is 5.82 Å². The van der Waals surface area contributed by atoms with E-state index in [1.165, 1.54) is 4.68 Å². The fraction of sp³-hybridized carbons (Fsp3) is 0.500. The summed E-state index contributed by atoms with van der Waals surface area (Å²) >= 11 is 0. The highest BCUT2D eigenvalue weighted by atomic mass is 16.2. The van der Waals surface area contributed by atoms with Crippen molar-refractivity contribution in [3.63, 3.8) is 0 Å². The van der Waals surface area contributed by atoms with Crippen LogP contribution < -0.4 is 5.69 Å². The molecule has 6 heteroatoms. The molecule has 1 amide bonds. The number of carbonyl (C=O) groups excluding carboxylic acids is 1. The van der Waals surface area contributed by atoms with Crippen LogP contribution in [0, 0.1) is 0 Å². The number of rotatable bonds is 4. The third-order valence-electron chi connectivity index (χ3n) is 4.57. The van der Waals surface area contributed by atoms with Crippen LogP contribution in [0.25, 0.3) is 5.69 Å². The Labute approximate surface area is 141 Å². The molecule has 128 valence electrons. The molecule has 0 bridgehead atoms. The van der Waals surface area contributed by atoms with E-state index in [0.29, 0.717) is 13.0 Å². The minimum absolute atomic E-state index is 0.0914. The van der Waals surface area contributed by atoms with Gasteiger partial charge >= 0.3 is 5.69 Å². The van der Waals surface area contributed by atoms with Gasteiger partial charge in [0.05, 0.1) is 5.69 Å². The summed E-state index contributed by atoms with van der Waals surface area (Å²) in [5.41, 5.74) is 0.677. The number of hydrogen-bond donors (Lipinski definition) is 0. The van der Waals surface area contributed by atoms with Gasteiger partial charge in [-0.2, -0.15) is 5.10 Å². The van der Waals surface area contributed by atoms with Gasteiger partial charge in [-0.3, -0.25) is 4.79 Å². The third-order valence-corrected chi connectivity index (χ3v) is 4.57. The lowest BCUT2D eigenvalue weighted by molar-refractivity contribution is -0.132. The zero-order valence-electron chi connectivity index (χ0n) is 14.3. The largest absolute Gasteiger partial charge is 0.350 e. The van der Waals surface area contributed by atoms with E-state index in [4.69, 9.17) is 0 Å². The zero-order chi connectivity index (χ0) is 17.1. The summed E-state index contributed by atoms with van der Waals surface area (Å²) in [6.45, 7) is 3.46. The maximum atomic E-state index is 12.5. The molecule has 1 aliphatic rings. The van der Waals surface area contributed by atoms with E-state index in [0.717, 1.165) is 37.3 Å². The predicted octanol–water partition coefficient (Wildman–Crippen LogP) is 2.08. The second-order valence-electron chi connectivity index (χ2n) is 6.36. The van der Waals surface area contributed by atoms with Gasteiger partial charge in [0.2, 0.25) is 5.91 Å². The molecule has 2 aromatic rings. The van der Waals surface area contributed by atoms with Gasteiger partial charge in [-0.25, -0.2) is 14.0 Å². The van der Waals surface area contributed by atoms with E-state index in [1.54, 1.807) is 11.6 Å². The van der Waals surface area contributed by atoms with Gasteiger partial charge in [0, 0.05) is 32.5 Å². The SMILES string of the molecule is CCCC(=O)N1CCCC(c2nn(C)c(=O)n2-c2ccccc2)C1. The Morgan fingerprint density at radius 2 is 2.04 bits per heavy atom. The van der Waals surface area contributed by atoms with E-state index in [-0.39, 0.29) is 17.5 Å². The first-order valence-corrected chi connectivity index (χ1v) is 8.61. The van der Waals surface area contributed by atoms with E-state index < -0.39 is 0 Å². The average molecular weight is 328 g/mol. The molecule has 2 heterocycles. The van der Waals surface area contributed by atoms with Crippen molar-refractivity contribution in [2.45, 2.75) is 38.5 Å². The number of likely N-dealkylation sites (tertiary alicyclic amines) is 1. The average Bonchev–Trinajstić information content (AvgIpc) is 2.91. The third kappa shape index (κ3) is 3.13. The molecule has 1 aromatic heterocycles. The second-order valence-corrected chi connectivity index (χ2v) is 6.36. The smallest absolute Gasteiger partial charge is 0.342 e. The van der Waals surface area contributed by atoms with Crippen molar-refractivity contribution in [3.05, 3.63) is 46.6 Å². The molecule has 1 fully saturated rings.